The summed E-state index contributed by atoms with van der Waals surface area (Å²) in [7, 11) is -4.48. The molecule has 10 heteroatoms. The van der Waals surface area contributed by atoms with E-state index in [1.807, 2.05) is 0 Å². The number of carboxylic acid groups (broad SMARTS) is 1. The van der Waals surface area contributed by atoms with Crippen LogP contribution < -0.4 is 0 Å². The zero-order valence-corrected chi connectivity index (χ0v) is 13.0. The monoisotopic (exact) mass is 338 g/mol. The Bertz CT molecular complexity index is 479. The van der Waals surface area contributed by atoms with Crippen LogP contribution in [0.4, 0.5) is 0 Å². The van der Waals surface area contributed by atoms with Crippen LogP contribution >= 0.6 is 7.60 Å². The molecule has 0 aliphatic heterocycles. The molecule has 0 aromatic carbocycles. The lowest BCUT2D eigenvalue weighted by atomic mass is 10.1. The fourth-order valence-electron chi connectivity index (χ4n) is 1.37. The highest BCUT2D eigenvalue weighted by atomic mass is 31.2. The topological polar surface area (TPSA) is 147 Å². The van der Waals surface area contributed by atoms with E-state index in [4.69, 9.17) is 24.4 Å². The normalized spacial score (nSPS) is 12.3. The van der Waals surface area contributed by atoms with Crippen molar-refractivity contribution in [1.82, 2.24) is 0 Å². The lowest BCUT2D eigenvalue weighted by Crippen LogP contribution is -2.20. The van der Waals surface area contributed by atoms with Crippen molar-refractivity contribution in [2.45, 2.75) is 19.8 Å². The Balaban J connectivity index is 4.05. The van der Waals surface area contributed by atoms with E-state index in [9.17, 15) is 18.9 Å². The van der Waals surface area contributed by atoms with Crippen LogP contribution in [0.15, 0.2) is 12.3 Å². The highest BCUT2D eigenvalue weighted by molar-refractivity contribution is 7.51. The van der Waals surface area contributed by atoms with Crippen molar-refractivity contribution in [2.75, 3.05) is 19.4 Å². The van der Waals surface area contributed by atoms with Gasteiger partial charge in [0.1, 0.15) is 13.2 Å². The van der Waals surface area contributed by atoms with Crippen molar-refractivity contribution in [1.29, 1.82) is 0 Å². The van der Waals surface area contributed by atoms with Crippen molar-refractivity contribution in [3.63, 3.8) is 0 Å². The van der Waals surface area contributed by atoms with Gasteiger partial charge in [-0.1, -0.05) is 6.58 Å². The average molecular weight is 338 g/mol. The van der Waals surface area contributed by atoms with Crippen LogP contribution in [0, 0.1) is 5.92 Å². The molecule has 0 amide bonds. The maximum atomic E-state index is 11.4. The molecule has 22 heavy (non-hydrogen) atoms. The molecule has 0 spiro atoms. The number of carbonyl (C=O) groups is 3. The molecule has 0 saturated carbocycles. The van der Waals surface area contributed by atoms with Crippen molar-refractivity contribution in [3.8, 4) is 0 Å². The molecule has 0 rings (SSSR count). The number of aliphatic carboxylic acids is 1. The molecule has 126 valence electrons. The van der Waals surface area contributed by atoms with Gasteiger partial charge in [-0.25, -0.2) is 0 Å². The first-order chi connectivity index (χ1) is 10.0. The van der Waals surface area contributed by atoms with Gasteiger partial charge in [-0.15, -0.1) is 0 Å². The number of hydrogen-bond donors (Lipinski definition) is 3. The van der Waals surface area contributed by atoms with Crippen LogP contribution in [0.5, 0.6) is 0 Å². The third kappa shape index (κ3) is 10.1. The number of hydrogen-bond acceptors (Lipinski definition) is 6. The van der Waals surface area contributed by atoms with E-state index >= 15 is 0 Å². The number of carbonyl (C=O) groups excluding carboxylic acids is 2. The Morgan fingerprint density at radius 3 is 2.18 bits per heavy atom. The molecule has 0 aliphatic rings. The molecule has 0 aliphatic carbocycles. The molecule has 0 radical (unpaired) electrons. The lowest BCUT2D eigenvalue weighted by Gasteiger charge is -2.13. The summed E-state index contributed by atoms with van der Waals surface area (Å²) in [5.41, 5.74) is 0. The summed E-state index contributed by atoms with van der Waals surface area (Å²) in [5.74, 6) is -3.87. The van der Waals surface area contributed by atoms with E-state index in [0.29, 0.717) is 0 Å². The third-order valence-corrected chi connectivity index (χ3v) is 3.44. The second kappa shape index (κ2) is 9.34. The summed E-state index contributed by atoms with van der Waals surface area (Å²) in [6, 6.07) is 0. The number of Topliss-reactive ketones (excluding diaryl/α,β-unsaturated/α-hetero) is 1. The van der Waals surface area contributed by atoms with Gasteiger partial charge in [-0.3, -0.25) is 18.9 Å². The first-order valence-corrected chi connectivity index (χ1v) is 8.08. The Morgan fingerprint density at radius 1 is 1.18 bits per heavy atom. The van der Waals surface area contributed by atoms with E-state index in [1.165, 1.54) is 6.92 Å². The Labute approximate surface area is 127 Å². The summed E-state index contributed by atoms with van der Waals surface area (Å²) in [5, 5.41) is 8.82. The van der Waals surface area contributed by atoms with Crippen molar-refractivity contribution < 1.29 is 43.3 Å². The molecule has 0 aromatic heterocycles. The van der Waals surface area contributed by atoms with Crippen molar-refractivity contribution in [3.05, 3.63) is 12.3 Å². The van der Waals surface area contributed by atoms with Crippen LogP contribution in [0.3, 0.4) is 0 Å². The Kier molecular flexibility index (Phi) is 8.62. The van der Waals surface area contributed by atoms with Gasteiger partial charge < -0.3 is 24.4 Å². The van der Waals surface area contributed by atoms with Gasteiger partial charge in [0.25, 0.3) is 0 Å². The van der Waals surface area contributed by atoms with Crippen LogP contribution in [0.1, 0.15) is 19.8 Å². The molecule has 9 nitrogen and oxygen atoms in total. The molecule has 3 N–H and O–H groups in total. The van der Waals surface area contributed by atoms with Gasteiger partial charge in [0, 0.05) is 13.3 Å². The largest absolute Gasteiger partial charge is 0.487 e. The van der Waals surface area contributed by atoms with Crippen LogP contribution in [-0.2, 0) is 28.4 Å². The van der Waals surface area contributed by atoms with Gasteiger partial charge in [-0.2, -0.15) is 0 Å². The number of ether oxygens (including phenoxy) is 2. The number of rotatable bonds is 11. The van der Waals surface area contributed by atoms with Gasteiger partial charge in [0.05, 0.1) is 12.1 Å². The predicted octanol–water partition coefficient (Wildman–Crippen LogP) is 0.308. The summed E-state index contributed by atoms with van der Waals surface area (Å²) < 4.78 is 20.4. The summed E-state index contributed by atoms with van der Waals surface area (Å²) >= 11 is 0. The molecule has 1 unspecified atom stereocenters. The predicted molar refractivity (Wildman–Crippen MR) is 74.0 cm³/mol. The molecule has 0 aromatic rings. The smallest absolute Gasteiger partial charge is 0.326 e. The highest BCUT2D eigenvalue weighted by Crippen LogP contribution is 2.38. The summed E-state index contributed by atoms with van der Waals surface area (Å²) in [6.07, 6.45) is -1.39. The minimum Gasteiger partial charge on any atom is -0.487 e. The molecule has 0 fully saturated rings. The quantitative estimate of drug-likeness (QED) is 0.159. The maximum Gasteiger partial charge on any atom is 0.326 e. The van der Waals surface area contributed by atoms with Crippen LogP contribution in [-0.4, -0.2) is 52.0 Å². The minimum atomic E-state index is -4.48. The van der Waals surface area contributed by atoms with Crippen LogP contribution in [0.2, 0.25) is 0 Å². The van der Waals surface area contributed by atoms with Gasteiger partial charge in [-0.05, 0) is 6.42 Å². The van der Waals surface area contributed by atoms with Gasteiger partial charge >= 0.3 is 19.5 Å². The summed E-state index contributed by atoms with van der Waals surface area (Å²) in [4.78, 5) is 50.5. The van der Waals surface area contributed by atoms with E-state index < -0.39 is 31.6 Å². The SMILES string of the molecule is C=C(OCCOC(=O)CCC(CP(=O)(O)O)C(=O)O)C(C)=O. The maximum absolute atomic E-state index is 11.4. The highest BCUT2D eigenvalue weighted by Gasteiger charge is 2.27. The molecule has 0 saturated heterocycles. The van der Waals surface area contributed by atoms with E-state index in [-0.39, 0.29) is 37.6 Å². The molecule has 0 heterocycles. The van der Waals surface area contributed by atoms with E-state index in [1.54, 1.807) is 0 Å². The number of esters is 1. The van der Waals surface area contributed by atoms with Crippen LogP contribution in [0.25, 0.3) is 0 Å². The summed E-state index contributed by atoms with van der Waals surface area (Å²) in [6.45, 7) is 4.37. The average Bonchev–Trinajstić information content (AvgIpc) is 2.37. The van der Waals surface area contributed by atoms with Gasteiger partial charge in [0.2, 0.25) is 0 Å². The van der Waals surface area contributed by atoms with Crippen molar-refractivity contribution in [2.24, 2.45) is 5.92 Å². The Morgan fingerprint density at radius 2 is 1.73 bits per heavy atom. The van der Waals surface area contributed by atoms with Crippen molar-refractivity contribution >= 4 is 25.3 Å². The molecular formula is C12H19O9P. The van der Waals surface area contributed by atoms with Gasteiger partial charge in [0.15, 0.2) is 11.5 Å². The zero-order valence-electron chi connectivity index (χ0n) is 12.1. The fraction of sp³-hybridized carbons (Fsp3) is 0.583. The fourth-order valence-corrected chi connectivity index (χ4v) is 2.28. The second-order valence-electron chi connectivity index (χ2n) is 4.47. The zero-order chi connectivity index (χ0) is 17.3. The standard InChI is InChI=1S/C12H19O9P/c1-8(13)9(2)20-5-6-21-11(14)4-3-10(12(15)16)7-22(17,18)19/h10H,2-7H2,1H3,(H,15,16)(H2,17,18,19). The minimum absolute atomic E-state index is 0.0661. The van der Waals surface area contributed by atoms with E-state index in [0.717, 1.165) is 0 Å². The molecule has 0 bridgehead atoms. The number of allylic oxidation sites excluding steroid dienone is 1. The first-order valence-electron chi connectivity index (χ1n) is 6.28. The Hall–Kier alpha value is -1.70. The molecular weight excluding hydrogens is 319 g/mol. The second-order valence-corrected chi connectivity index (χ2v) is 6.16. The number of carboxylic acids is 1. The number of ketones is 1. The molecule has 1 atom stereocenters. The first kappa shape index (κ1) is 20.3. The third-order valence-electron chi connectivity index (χ3n) is 2.52. The lowest BCUT2D eigenvalue weighted by molar-refractivity contribution is -0.146. The van der Waals surface area contributed by atoms with E-state index in [2.05, 4.69) is 6.58 Å².